The predicted molar refractivity (Wildman–Crippen MR) is 116 cm³/mol. The summed E-state index contributed by atoms with van der Waals surface area (Å²) in [7, 11) is 3.13. The van der Waals surface area contributed by atoms with Gasteiger partial charge in [0.2, 0.25) is 0 Å². The Morgan fingerprint density at radius 1 is 0.931 bits per heavy atom. The lowest BCUT2D eigenvalue weighted by Crippen LogP contribution is -2.24. The summed E-state index contributed by atoms with van der Waals surface area (Å²) in [6.07, 6.45) is 2.25. The number of fused-ring (bicyclic) bond motifs is 1. The van der Waals surface area contributed by atoms with Gasteiger partial charge in [0.15, 0.2) is 0 Å². The maximum atomic E-state index is 12.7. The molecule has 4 rings (SSSR count). The molecule has 0 saturated carbocycles. The Kier molecular flexibility index (Phi) is 5.38. The molecular weight excluding hydrogens is 364 g/mol. The molecule has 1 amide bonds. The number of methoxy groups -OCH3 is 2. The van der Waals surface area contributed by atoms with Crippen LogP contribution in [0.2, 0.25) is 0 Å². The third-order valence-electron chi connectivity index (χ3n) is 5.16. The first-order chi connectivity index (χ1) is 14.2. The summed E-state index contributed by atoms with van der Waals surface area (Å²) < 4.78 is 10.5. The molecule has 0 spiro atoms. The van der Waals surface area contributed by atoms with Crippen LogP contribution in [0.4, 0.5) is 17.1 Å². The number of carbonyl (C=O) groups excluding carboxylic acids is 1. The van der Waals surface area contributed by atoms with Gasteiger partial charge in [-0.1, -0.05) is 18.2 Å². The third-order valence-corrected chi connectivity index (χ3v) is 5.16. The number of benzene rings is 3. The van der Waals surface area contributed by atoms with E-state index >= 15 is 0 Å². The average Bonchev–Trinajstić information content (AvgIpc) is 2.78. The van der Waals surface area contributed by atoms with E-state index in [1.165, 1.54) is 11.3 Å². The van der Waals surface area contributed by atoms with E-state index < -0.39 is 0 Å². The SMILES string of the molecule is COc1cc(OC)cc(C(=O)Nc2ccc(N3CCCc4ccccc43)cc2)c1. The third kappa shape index (κ3) is 4.04. The molecular formula is C24H24N2O3. The molecule has 0 saturated heterocycles. The van der Waals surface area contributed by atoms with E-state index in [0.717, 1.165) is 30.8 Å². The Bertz CT molecular complexity index is 993. The largest absolute Gasteiger partial charge is 0.497 e. The molecule has 0 unspecified atom stereocenters. The van der Waals surface area contributed by atoms with Gasteiger partial charge in [0.05, 0.1) is 14.2 Å². The lowest BCUT2D eigenvalue weighted by molar-refractivity contribution is 0.102. The number of hydrogen-bond donors (Lipinski definition) is 1. The van der Waals surface area contributed by atoms with Crippen molar-refractivity contribution in [3.8, 4) is 11.5 Å². The zero-order valence-electron chi connectivity index (χ0n) is 16.6. The van der Waals surface area contributed by atoms with Crippen LogP contribution in [0.5, 0.6) is 11.5 Å². The van der Waals surface area contributed by atoms with Gasteiger partial charge in [-0.15, -0.1) is 0 Å². The van der Waals surface area contributed by atoms with E-state index in [0.29, 0.717) is 17.1 Å². The minimum atomic E-state index is -0.210. The molecule has 3 aromatic carbocycles. The molecule has 29 heavy (non-hydrogen) atoms. The molecule has 148 valence electrons. The zero-order chi connectivity index (χ0) is 20.2. The Labute approximate surface area is 170 Å². The number of nitrogens with zero attached hydrogens (tertiary/aromatic N) is 1. The van der Waals surface area contributed by atoms with Crippen LogP contribution in [0.3, 0.4) is 0 Å². The minimum absolute atomic E-state index is 0.210. The van der Waals surface area contributed by atoms with Crippen molar-refractivity contribution >= 4 is 23.0 Å². The Hall–Kier alpha value is -3.47. The van der Waals surface area contributed by atoms with Crippen LogP contribution < -0.4 is 19.7 Å². The molecule has 1 heterocycles. The molecule has 0 atom stereocenters. The second kappa shape index (κ2) is 8.27. The van der Waals surface area contributed by atoms with Crippen molar-refractivity contribution in [3.63, 3.8) is 0 Å². The van der Waals surface area contributed by atoms with Crippen molar-refractivity contribution in [2.24, 2.45) is 0 Å². The molecule has 1 N–H and O–H groups in total. The summed E-state index contributed by atoms with van der Waals surface area (Å²) >= 11 is 0. The Morgan fingerprint density at radius 2 is 1.62 bits per heavy atom. The fourth-order valence-electron chi connectivity index (χ4n) is 3.67. The highest BCUT2D eigenvalue weighted by Gasteiger charge is 2.17. The molecule has 5 heteroatoms. The number of rotatable bonds is 5. The van der Waals surface area contributed by atoms with E-state index in [9.17, 15) is 4.79 Å². The van der Waals surface area contributed by atoms with Crippen molar-refractivity contribution in [3.05, 3.63) is 77.9 Å². The van der Waals surface area contributed by atoms with Gasteiger partial charge in [-0.2, -0.15) is 0 Å². The van der Waals surface area contributed by atoms with Gasteiger partial charge in [-0.25, -0.2) is 0 Å². The first-order valence-corrected chi connectivity index (χ1v) is 9.68. The van der Waals surface area contributed by atoms with Crippen LogP contribution in [0, 0.1) is 0 Å². The van der Waals surface area contributed by atoms with E-state index in [4.69, 9.17) is 9.47 Å². The molecule has 0 aromatic heterocycles. The van der Waals surface area contributed by atoms with E-state index in [-0.39, 0.29) is 5.91 Å². The monoisotopic (exact) mass is 388 g/mol. The number of nitrogens with one attached hydrogen (secondary N) is 1. The van der Waals surface area contributed by atoms with Gasteiger partial charge in [-0.05, 0) is 60.9 Å². The van der Waals surface area contributed by atoms with Crippen LogP contribution in [0.25, 0.3) is 0 Å². The molecule has 1 aliphatic rings. The summed E-state index contributed by atoms with van der Waals surface area (Å²) in [5.41, 5.74) is 4.99. The van der Waals surface area contributed by atoms with Gasteiger partial charge in [0.25, 0.3) is 5.91 Å². The maximum absolute atomic E-state index is 12.7. The topological polar surface area (TPSA) is 50.8 Å². The van der Waals surface area contributed by atoms with E-state index in [1.54, 1.807) is 32.4 Å². The van der Waals surface area contributed by atoms with Gasteiger partial charge < -0.3 is 19.7 Å². The number of aryl methyl sites for hydroxylation is 1. The maximum Gasteiger partial charge on any atom is 0.255 e. The van der Waals surface area contributed by atoms with Crippen LogP contribution in [-0.4, -0.2) is 26.7 Å². The highest BCUT2D eigenvalue weighted by Crippen LogP contribution is 2.33. The van der Waals surface area contributed by atoms with Gasteiger partial charge in [0.1, 0.15) is 11.5 Å². The summed E-state index contributed by atoms with van der Waals surface area (Å²) in [6, 6.07) is 21.6. The molecule has 3 aromatic rings. The smallest absolute Gasteiger partial charge is 0.255 e. The van der Waals surface area contributed by atoms with Crippen LogP contribution >= 0.6 is 0 Å². The van der Waals surface area contributed by atoms with Gasteiger partial charge in [0, 0.05) is 35.2 Å². The second-order valence-corrected chi connectivity index (χ2v) is 6.99. The van der Waals surface area contributed by atoms with Crippen molar-refractivity contribution in [2.75, 3.05) is 31.0 Å². The van der Waals surface area contributed by atoms with Crippen molar-refractivity contribution in [1.29, 1.82) is 0 Å². The van der Waals surface area contributed by atoms with Crippen LogP contribution in [0.1, 0.15) is 22.3 Å². The number of ether oxygens (including phenoxy) is 2. The number of para-hydroxylation sites is 1. The Balaban J connectivity index is 1.52. The first-order valence-electron chi connectivity index (χ1n) is 9.68. The quantitative estimate of drug-likeness (QED) is 0.665. The first kappa shape index (κ1) is 18.9. The predicted octanol–water partition coefficient (Wildman–Crippen LogP) is 5.04. The standard InChI is InChI=1S/C24H24N2O3/c1-28-21-14-18(15-22(16-21)29-2)24(27)25-19-9-11-20(12-10-19)26-13-5-7-17-6-3-4-8-23(17)26/h3-4,6,8-12,14-16H,5,7,13H2,1-2H3,(H,25,27). The van der Waals surface area contributed by atoms with Crippen molar-refractivity contribution in [1.82, 2.24) is 0 Å². The summed E-state index contributed by atoms with van der Waals surface area (Å²) in [6.45, 7) is 0.992. The van der Waals surface area contributed by atoms with E-state index in [1.807, 2.05) is 24.3 Å². The lowest BCUT2D eigenvalue weighted by atomic mass is 10.0. The Morgan fingerprint density at radius 3 is 2.31 bits per heavy atom. The number of hydrogen-bond acceptors (Lipinski definition) is 4. The second-order valence-electron chi connectivity index (χ2n) is 6.99. The zero-order valence-corrected chi connectivity index (χ0v) is 16.6. The summed E-state index contributed by atoms with van der Waals surface area (Å²) in [4.78, 5) is 15.0. The average molecular weight is 388 g/mol. The number of carbonyl (C=O) groups is 1. The van der Waals surface area contributed by atoms with Gasteiger partial charge >= 0.3 is 0 Å². The molecule has 0 fully saturated rings. The molecule has 1 aliphatic heterocycles. The van der Waals surface area contributed by atoms with Crippen molar-refractivity contribution in [2.45, 2.75) is 12.8 Å². The number of amides is 1. The molecule has 0 aliphatic carbocycles. The minimum Gasteiger partial charge on any atom is -0.497 e. The highest BCUT2D eigenvalue weighted by molar-refractivity contribution is 6.04. The fraction of sp³-hybridized carbons (Fsp3) is 0.208. The molecule has 0 bridgehead atoms. The normalized spacial score (nSPS) is 12.8. The van der Waals surface area contributed by atoms with Crippen molar-refractivity contribution < 1.29 is 14.3 Å². The number of anilines is 3. The van der Waals surface area contributed by atoms with Crippen LogP contribution in [0.15, 0.2) is 66.7 Å². The fourth-order valence-corrected chi connectivity index (χ4v) is 3.67. The van der Waals surface area contributed by atoms with Gasteiger partial charge in [-0.3, -0.25) is 4.79 Å². The summed E-state index contributed by atoms with van der Waals surface area (Å²) in [5.74, 6) is 0.945. The molecule has 5 nitrogen and oxygen atoms in total. The van der Waals surface area contributed by atoms with E-state index in [2.05, 4.69) is 34.5 Å². The summed E-state index contributed by atoms with van der Waals surface area (Å²) in [5, 5.41) is 2.94. The van der Waals surface area contributed by atoms with Crippen LogP contribution in [-0.2, 0) is 6.42 Å². The highest BCUT2D eigenvalue weighted by atomic mass is 16.5. The lowest BCUT2D eigenvalue weighted by Gasteiger charge is -2.31. The molecule has 0 radical (unpaired) electrons.